The van der Waals surface area contributed by atoms with Crippen LogP contribution in [0.25, 0.3) is 6.08 Å². The molecule has 1 fully saturated rings. The molecule has 5 nitrogen and oxygen atoms in total. The highest BCUT2D eigenvalue weighted by Gasteiger charge is 2.29. The summed E-state index contributed by atoms with van der Waals surface area (Å²) < 4.78 is 39.5. The highest BCUT2D eigenvalue weighted by molar-refractivity contribution is 7.89. The predicted molar refractivity (Wildman–Crippen MR) is 102 cm³/mol. The molecule has 0 atom stereocenters. The van der Waals surface area contributed by atoms with Crippen molar-refractivity contribution in [2.24, 2.45) is 0 Å². The lowest BCUT2D eigenvalue weighted by Crippen LogP contribution is -2.50. The molecule has 2 aromatic carbocycles. The van der Waals surface area contributed by atoms with Gasteiger partial charge >= 0.3 is 0 Å². The Labute approximate surface area is 162 Å². The zero-order valence-electron chi connectivity index (χ0n) is 14.4. The minimum atomic E-state index is -3.69. The maximum Gasteiger partial charge on any atom is 0.246 e. The minimum Gasteiger partial charge on any atom is -0.337 e. The van der Waals surface area contributed by atoms with Crippen LogP contribution in [-0.2, 0) is 14.8 Å². The van der Waals surface area contributed by atoms with Crippen molar-refractivity contribution >= 4 is 33.6 Å². The van der Waals surface area contributed by atoms with Crippen molar-refractivity contribution in [3.63, 3.8) is 0 Å². The predicted octanol–water partition coefficient (Wildman–Crippen LogP) is 3.03. The van der Waals surface area contributed by atoms with Crippen LogP contribution in [-0.4, -0.2) is 49.7 Å². The second kappa shape index (κ2) is 8.21. The second-order valence-corrected chi connectivity index (χ2v) is 8.45. The molecule has 0 radical (unpaired) electrons. The first-order valence-electron chi connectivity index (χ1n) is 8.34. The van der Waals surface area contributed by atoms with Crippen LogP contribution in [0.4, 0.5) is 4.39 Å². The van der Waals surface area contributed by atoms with E-state index >= 15 is 0 Å². The van der Waals surface area contributed by atoms with Crippen LogP contribution in [0, 0.1) is 5.82 Å². The molecule has 1 aliphatic heterocycles. The van der Waals surface area contributed by atoms with Crippen molar-refractivity contribution in [2.45, 2.75) is 4.90 Å². The average Bonchev–Trinajstić information content (AvgIpc) is 2.66. The first kappa shape index (κ1) is 19.5. The summed E-state index contributed by atoms with van der Waals surface area (Å²) in [4.78, 5) is 14.0. The van der Waals surface area contributed by atoms with Crippen LogP contribution in [0.2, 0.25) is 5.02 Å². The van der Waals surface area contributed by atoms with E-state index in [1.807, 2.05) is 6.07 Å². The van der Waals surface area contributed by atoms with Crippen LogP contribution in [0.15, 0.2) is 59.5 Å². The quantitative estimate of drug-likeness (QED) is 0.731. The Bertz CT molecular complexity index is 953. The third-order valence-corrected chi connectivity index (χ3v) is 6.42. The largest absolute Gasteiger partial charge is 0.337 e. The van der Waals surface area contributed by atoms with Gasteiger partial charge in [-0.05, 0) is 48.0 Å². The zero-order chi connectivity index (χ0) is 19.4. The molecule has 3 rings (SSSR count). The number of sulfonamides is 1. The number of halogens is 2. The number of hydrogen-bond acceptors (Lipinski definition) is 3. The van der Waals surface area contributed by atoms with Gasteiger partial charge in [0, 0.05) is 37.3 Å². The normalized spacial score (nSPS) is 16.0. The molecule has 1 saturated heterocycles. The molecule has 0 aliphatic carbocycles. The first-order valence-corrected chi connectivity index (χ1v) is 10.2. The van der Waals surface area contributed by atoms with Crippen LogP contribution in [0.3, 0.4) is 0 Å². The second-order valence-electron chi connectivity index (χ2n) is 6.07. The lowest BCUT2D eigenvalue weighted by molar-refractivity contribution is -0.127. The van der Waals surface area contributed by atoms with E-state index < -0.39 is 15.8 Å². The van der Waals surface area contributed by atoms with E-state index in [0.717, 1.165) is 17.7 Å². The smallest absolute Gasteiger partial charge is 0.246 e. The van der Waals surface area contributed by atoms with Crippen molar-refractivity contribution < 1.29 is 17.6 Å². The summed E-state index contributed by atoms with van der Waals surface area (Å²) >= 11 is 5.91. The number of rotatable bonds is 4. The van der Waals surface area contributed by atoms with E-state index in [4.69, 9.17) is 11.6 Å². The van der Waals surface area contributed by atoms with Crippen LogP contribution in [0.5, 0.6) is 0 Å². The Morgan fingerprint density at radius 1 is 1.04 bits per heavy atom. The van der Waals surface area contributed by atoms with Gasteiger partial charge in [0.25, 0.3) is 0 Å². The van der Waals surface area contributed by atoms with Gasteiger partial charge in [0.1, 0.15) is 5.82 Å². The summed E-state index contributed by atoms with van der Waals surface area (Å²) in [6.07, 6.45) is 3.13. The molecule has 0 saturated carbocycles. The van der Waals surface area contributed by atoms with Gasteiger partial charge in [-0.2, -0.15) is 4.31 Å². The Balaban J connectivity index is 1.61. The Kier molecular flexibility index (Phi) is 5.94. The van der Waals surface area contributed by atoms with E-state index in [-0.39, 0.29) is 23.9 Å². The number of amides is 1. The molecule has 0 N–H and O–H groups in total. The molecule has 8 heteroatoms. The molecular weight excluding hydrogens is 391 g/mol. The van der Waals surface area contributed by atoms with Crippen molar-refractivity contribution in [3.05, 3.63) is 71.0 Å². The summed E-state index contributed by atoms with van der Waals surface area (Å²) in [5, 5.41) is 0.587. The monoisotopic (exact) mass is 408 g/mol. The Hall–Kier alpha value is -2.22. The number of piperazine rings is 1. The standard InChI is InChI=1S/C19H18ClFN2O3S/c20-16-3-1-2-15(14-16)4-9-19(24)22-10-12-23(13-11-22)27(25,26)18-7-5-17(21)6-8-18/h1-9,14H,10-13H2. The molecule has 2 aromatic rings. The molecular formula is C19H18ClFN2O3S. The Morgan fingerprint density at radius 2 is 1.70 bits per heavy atom. The van der Waals surface area contributed by atoms with E-state index in [1.165, 1.54) is 22.5 Å². The van der Waals surface area contributed by atoms with E-state index in [0.29, 0.717) is 18.1 Å². The van der Waals surface area contributed by atoms with Gasteiger partial charge in [-0.1, -0.05) is 23.7 Å². The number of benzene rings is 2. The van der Waals surface area contributed by atoms with E-state index in [1.54, 1.807) is 29.2 Å². The molecule has 1 heterocycles. The fourth-order valence-electron chi connectivity index (χ4n) is 2.79. The van der Waals surface area contributed by atoms with Crippen molar-refractivity contribution in [1.82, 2.24) is 9.21 Å². The van der Waals surface area contributed by atoms with Crippen LogP contribution >= 0.6 is 11.6 Å². The molecule has 0 unspecified atom stereocenters. The molecule has 27 heavy (non-hydrogen) atoms. The SMILES string of the molecule is O=C(C=Cc1cccc(Cl)c1)N1CCN(S(=O)(=O)c2ccc(F)cc2)CC1. The van der Waals surface area contributed by atoms with Crippen LogP contribution < -0.4 is 0 Å². The highest BCUT2D eigenvalue weighted by atomic mass is 35.5. The third-order valence-electron chi connectivity index (χ3n) is 4.27. The van der Waals surface area contributed by atoms with Gasteiger partial charge in [0.2, 0.25) is 15.9 Å². The van der Waals surface area contributed by atoms with Crippen molar-refractivity contribution in [1.29, 1.82) is 0 Å². The summed E-state index contributed by atoms with van der Waals surface area (Å²) in [6.45, 7) is 0.963. The van der Waals surface area contributed by atoms with Crippen molar-refractivity contribution in [2.75, 3.05) is 26.2 Å². The minimum absolute atomic E-state index is 0.0459. The van der Waals surface area contributed by atoms with E-state index in [9.17, 15) is 17.6 Å². The summed E-state index contributed by atoms with van der Waals surface area (Å²) in [5.74, 6) is -0.676. The maximum absolute atomic E-state index is 13.0. The lowest BCUT2D eigenvalue weighted by atomic mass is 10.2. The molecule has 142 valence electrons. The molecule has 1 aliphatic rings. The molecule has 1 amide bonds. The topological polar surface area (TPSA) is 57.7 Å². The maximum atomic E-state index is 13.0. The fraction of sp³-hybridized carbons (Fsp3) is 0.211. The third kappa shape index (κ3) is 4.74. The molecule has 0 aromatic heterocycles. The van der Waals surface area contributed by atoms with Crippen molar-refractivity contribution in [3.8, 4) is 0 Å². The lowest BCUT2D eigenvalue weighted by Gasteiger charge is -2.33. The zero-order valence-corrected chi connectivity index (χ0v) is 16.0. The van der Waals surface area contributed by atoms with Gasteiger partial charge in [-0.3, -0.25) is 4.79 Å². The summed E-state index contributed by atoms with van der Waals surface area (Å²) in [5.41, 5.74) is 0.813. The van der Waals surface area contributed by atoms with Crippen LogP contribution in [0.1, 0.15) is 5.56 Å². The summed E-state index contributed by atoms with van der Waals surface area (Å²) in [6, 6.07) is 11.9. The van der Waals surface area contributed by atoms with Gasteiger partial charge in [0.15, 0.2) is 0 Å². The number of nitrogens with zero attached hydrogens (tertiary/aromatic N) is 2. The number of carbonyl (C=O) groups excluding carboxylic acids is 1. The van der Waals surface area contributed by atoms with Gasteiger partial charge in [0.05, 0.1) is 4.90 Å². The van der Waals surface area contributed by atoms with Gasteiger partial charge in [-0.25, -0.2) is 12.8 Å². The van der Waals surface area contributed by atoms with Gasteiger partial charge < -0.3 is 4.90 Å². The molecule has 0 bridgehead atoms. The highest BCUT2D eigenvalue weighted by Crippen LogP contribution is 2.18. The number of hydrogen-bond donors (Lipinski definition) is 0. The number of carbonyl (C=O) groups is 1. The van der Waals surface area contributed by atoms with Gasteiger partial charge in [-0.15, -0.1) is 0 Å². The molecule has 0 spiro atoms. The fourth-order valence-corrected chi connectivity index (χ4v) is 4.41. The average molecular weight is 409 g/mol. The first-order chi connectivity index (χ1) is 12.9. The summed E-state index contributed by atoms with van der Waals surface area (Å²) in [7, 11) is -3.69. The van der Waals surface area contributed by atoms with E-state index in [2.05, 4.69) is 0 Å². The Morgan fingerprint density at radius 3 is 2.33 bits per heavy atom.